The molecule has 0 bridgehead atoms. The van der Waals surface area contributed by atoms with Crippen molar-refractivity contribution in [2.75, 3.05) is 0 Å². The summed E-state index contributed by atoms with van der Waals surface area (Å²) in [7, 11) is -3.68. The molecule has 0 radical (unpaired) electrons. The van der Waals surface area contributed by atoms with Gasteiger partial charge in [0.05, 0.1) is 5.25 Å². The van der Waals surface area contributed by atoms with E-state index in [0.717, 1.165) is 19.3 Å². The predicted octanol–water partition coefficient (Wildman–Crippen LogP) is 2.18. The first-order valence-electron chi connectivity index (χ1n) is 5.29. The van der Waals surface area contributed by atoms with Gasteiger partial charge >= 0.3 is 0 Å². The number of alkyl halides is 3. The SMILES string of the molecule is O=CNC(C(Cl)(Cl)Cl)S(=O)(=O)C1CCCCC1. The first kappa shape index (κ1) is 15.3. The minimum absolute atomic E-state index is 0.243. The second kappa shape index (κ2) is 5.95. The molecule has 0 saturated heterocycles. The Morgan fingerprint density at radius 3 is 2.12 bits per heavy atom. The van der Waals surface area contributed by atoms with Crippen molar-refractivity contribution in [3.05, 3.63) is 0 Å². The van der Waals surface area contributed by atoms with Crippen LogP contribution in [0.5, 0.6) is 0 Å². The van der Waals surface area contributed by atoms with Gasteiger partial charge in [0.1, 0.15) is 0 Å². The number of halogens is 3. The highest BCUT2D eigenvalue weighted by Gasteiger charge is 2.46. The van der Waals surface area contributed by atoms with E-state index in [1.807, 2.05) is 0 Å². The highest BCUT2D eigenvalue weighted by atomic mass is 35.6. The lowest BCUT2D eigenvalue weighted by atomic mass is 10.0. The van der Waals surface area contributed by atoms with Crippen LogP contribution in [0, 0.1) is 0 Å². The zero-order valence-corrected chi connectivity index (χ0v) is 12.1. The van der Waals surface area contributed by atoms with Gasteiger partial charge in [0.15, 0.2) is 15.2 Å². The normalized spacial score (nSPS) is 20.9. The Morgan fingerprint density at radius 1 is 1.18 bits per heavy atom. The van der Waals surface area contributed by atoms with Crippen LogP contribution in [0.25, 0.3) is 0 Å². The molecule has 4 nitrogen and oxygen atoms in total. The van der Waals surface area contributed by atoms with Crippen LogP contribution in [-0.4, -0.2) is 29.2 Å². The van der Waals surface area contributed by atoms with Crippen molar-refractivity contribution in [3.8, 4) is 0 Å². The van der Waals surface area contributed by atoms with Crippen molar-refractivity contribution in [1.82, 2.24) is 5.32 Å². The summed E-state index contributed by atoms with van der Waals surface area (Å²) in [5.74, 6) is 0. The molecule has 1 fully saturated rings. The topological polar surface area (TPSA) is 63.2 Å². The molecule has 1 saturated carbocycles. The molecule has 1 rings (SSSR count). The highest BCUT2D eigenvalue weighted by molar-refractivity contribution is 7.92. The van der Waals surface area contributed by atoms with E-state index in [9.17, 15) is 13.2 Å². The maximum absolute atomic E-state index is 12.2. The molecule has 8 heteroatoms. The molecule has 1 unspecified atom stereocenters. The van der Waals surface area contributed by atoms with Gasteiger partial charge in [0, 0.05) is 0 Å². The predicted molar refractivity (Wildman–Crippen MR) is 69.1 cm³/mol. The first-order chi connectivity index (χ1) is 7.80. The minimum atomic E-state index is -3.68. The fourth-order valence-corrected chi connectivity index (χ4v) is 5.32. The van der Waals surface area contributed by atoms with E-state index in [4.69, 9.17) is 34.8 Å². The van der Waals surface area contributed by atoms with Crippen LogP contribution >= 0.6 is 34.8 Å². The van der Waals surface area contributed by atoms with Crippen LogP contribution in [0.1, 0.15) is 32.1 Å². The number of carbonyl (C=O) groups is 1. The molecule has 0 aliphatic heterocycles. The molecule has 1 N–H and O–H groups in total. The smallest absolute Gasteiger partial charge is 0.224 e. The van der Waals surface area contributed by atoms with Crippen molar-refractivity contribution < 1.29 is 13.2 Å². The van der Waals surface area contributed by atoms with E-state index < -0.39 is 24.3 Å². The van der Waals surface area contributed by atoms with Gasteiger partial charge in [-0.3, -0.25) is 4.79 Å². The summed E-state index contributed by atoms with van der Waals surface area (Å²) >= 11 is 16.8. The number of rotatable bonds is 4. The van der Waals surface area contributed by atoms with Crippen LogP contribution < -0.4 is 5.32 Å². The number of hydrogen-bond donors (Lipinski definition) is 1. The molecule has 1 atom stereocenters. The average molecular weight is 323 g/mol. The number of carbonyl (C=O) groups excluding carboxylic acids is 1. The van der Waals surface area contributed by atoms with E-state index in [1.54, 1.807) is 0 Å². The minimum Gasteiger partial charge on any atom is -0.339 e. The van der Waals surface area contributed by atoms with E-state index in [0.29, 0.717) is 12.8 Å². The number of nitrogens with one attached hydrogen (secondary N) is 1. The largest absolute Gasteiger partial charge is 0.339 e. The summed E-state index contributed by atoms with van der Waals surface area (Å²) in [4.78, 5) is 10.4. The molecule has 17 heavy (non-hydrogen) atoms. The highest BCUT2D eigenvalue weighted by Crippen LogP contribution is 2.37. The molecule has 100 valence electrons. The Morgan fingerprint density at radius 2 is 1.71 bits per heavy atom. The van der Waals surface area contributed by atoms with Crippen molar-refractivity contribution in [3.63, 3.8) is 0 Å². The maximum Gasteiger partial charge on any atom is 0.224 e. The number of hydrogen-bond acceptors (Lipinski definition) is 3. The zero-order chi connectivity index (χ0) is 13.1. The molecular formula is C9H14Cl3NO3S. The van der Waals surface area contributed by atoms with E-state index in [1.165, 1.54) is 0 Å². The lowest BCUT2D eigenvalue weighted by Gasteiger charge is -2.30. The van der Waals surface area contributed by atoms with Crippen molar-refractivity contribution in [2.45, 2.75) is 46.5 Å². The van der Waals surface area contributed by atoms with E-state index >= 15 is 0 Å². The Kier molecular flexibility index (Phi) is 5.38. The van der Waals surface area contributed by atoms with Gasteiger partial charge in [-0.25, -0.2) is 8.42 Å². The second-order valence-corrected chi connectivity index (χ2v) is 8.74. The zero-order valence-electron chi connectivity index (χ0n) is 9.03. The third kappa shape index (κ3) is 3.88. The lowest BCUT2D eigenvalue weighted by Crippen LogP contribution is -2.50. The summed E-state index contributed by atoms with van der Waals surface area (Å²) in [6.45, 7) is 0. The molecule has 0 heterocycles. The molecule has 0 aromatic rings. The summed E-state index contributed by atoms with van der Waals surface area (Å²) in [5, 5.41) is 0.0726. The van der Waals surface area contributed by atoms with E-state index in [-0.39, 0.29) is 6.41 Å². The van der Waals surface area contributed by atoms with Gasteiger partial charge in [0.25, 0.3) is 0 Å². The van der Waals surface area contributed by atoms with Gasteiger partial charge in [0.2, 0.25) is 10.2 Å². The Hall–Kier alpha value is 0.290. The van der Waals surface area contributed by atoms with Gasteiger partial charge in [-0.05, 0) is 12.8 Å². The fourth-order valence-electron chi connectivity index (χ4n) is 2.02. The molecule has 0 spiro atoms. The van der Waals surface area contributed by atoms with Gasteiger partial charge < -0.3 is 5.32 Å². The van der Waals surface area contributed by atoms with Crippen LogP contribution in [0.4, 0.5) is 0 Å². The standard InChI is InChI=1S/C9H14Cl3NO3S/c10-9(11,12)8(13-6-14)17(15,16)7-4-2-1-3-5-7/h6-8H,1-5H2,(H,13,14). The average Bonchev–Trinajstić information content (AvgIpc) is 2.25. The maximum atomic E-state index is 12.2. The van der Waals surface area contributed by atoms with Crippen LogP contribution in [0.15, 0.2) is 0 Å². The van der Waals surface area contributed by atoms with Crippen LogP contribution in [0.2, 0.25) is 0 Å². The van der Waals surface area contributed by atoms with Crippen molar-refractivity contribution in [2.24, 2.45) is 0 Å². The molecule has 1 aliphatic carbocycles. The Labute approximate surface area is 116 Å². The third-order valence-corrected chi connectivity index (χ3v) is 6.45. The summed E-state index contributed by atoms with van der Waals surface area (Å²) in [6, 6.07) is 0. The van der Waals surface area contributed by atoms with E-state index in [2.05, 4.69) is 5.32 Å². The van der Waals surface area contributed by atoms with Crippen molar-refractivity contribution in [1.29, 1.82) is 0 Å². The molecule has 1 aliphatic rings. The summed E-state index contributed by atoms with van der Waals surface area (Å²) < 4.78 is 22.4. The Balaban J connectivity index is 2.94. The quantitative estimate of drug-likeness (QED) is 0.637. The second-order valence-electron chi connectivity index (χ2n) is 4.06. The number of amides is 1. The van der Waals surface area contributed by atoms with Crippen LogP contribution in [-0.2, 0) is 14.6 Å². The molecule has 0 aromatic heterocycles. The van der Waals surface area contributed by atoms with Gasteiger partial charge in [-0.2, -0.15) is 0 Å². The third-order valence-electron chi connectivity index (χ3n) is 2.86. The first-order valence-corrected chi connectivity index (χ1v) is 8.03. The summed E-state index contributed by atoms with van der Waals surface area (Å²) in [6.07, 6.45) is 4.06. The fraction of sp³-hybridized carbons (Fsp3) is 0.889. The lowest BCUT2D eigenvalue weighted by molar-refractivity contribution is -0.109. The molecular weight excluding hydrogens is 309 g/mol. The van der Waals surface area contributed by atoms with Crippen molar-refractivity contribution >= 4 is 51.1 Å². The summed E-state index contributed by atoms with van der Waals surface area (Å²) in [5.41, 5.74) is 0. The van der Waals surface area contributed by atoms with Gasteiger partial charge in [-0.15, -0.1) is 0 Å². The molecule has 1 amide bonds. The molecule has 0 aromatic carbocycles. The Bertz CT molecular complexity index is 360. The van der Waals surface area contributed by atoms with Gasteiger partial charge in [-0.1, -0.05) is 54.1 Å². The van der Waals surface area contributed by atoms with Crippen LogP contribution in [0.3, 0.4) is 0 Å². The number of sulfone groups is 1. The monoisotopic (exact) mass is 321 g/mol.